The molecule has 0 bridgehead atoms. The predicted molar refractivity (Wildman–Crippen MR) is 24.3 cm³/mol. The normalized spacial score (nSPS) is 5.57. The fourth-order valence-corrected chi connectivity index (χ4v) is 0.125. The summed E-state index contributed by atoms with van der Waals surface area (Å²) in [6, 6.07) is 1.37. The highest BCUT2D eigenvalue weighted by Crippen LogP contribution is 1.65. The first-order valence-corrected chi connectivity index (χ1v) is 1.61. The Morgan fingerprint density at radius 2 is 2.43 bits per heavy atom. The molecule has 0 aliphatic rings. The average Bonchev–Trinajstić information content (AvgIpc) is 1.68. The van der Waals surface area contributed by atoms with Gasteiger partial charge < -0.3 is 0 Å². The molecular weight excluding hydrogens is 90.1 g/mol. The van der Waals surface area contributed by atoms with E-state index < -0.39 is 5.78 Å². The Morgan fingerprint density at radius 3 is 2.57 bits per heavy atom. The van der Waals surface area contributed by atoms with Crippen LogP contribution in [-0.2, 0) is 4.79 Å². The van der Waals surface area contributed by atoms with Crippen molar-refractivity contribution in [1.29, 1.82) is 5.26 Å². The van der Waals surface area contributed by atoms with Gasteiger partial charge in [-0.25, -0.2) is 0 Å². The van der Waals surface area contributed by atoms with E-state index in [-0.39, 0.29) is 0 Å². The van der Waals surface area contributed by atoms with Crippen LogP contribution in [0, 0.1) is 11.3 Å². The Labute approximate surface area is 41.4 Å². The molecule has 0 rings (SSSR count). The lowest BCUT2D eigenvalue weighted by Crippen LogP contribution is -1.80. The number of hydrogen-bond donors (Lipinski definition) is 0. The van der Waals surface area contributed by atoms with E-state index in [4.69, 9.17) is 5.26 Å². The fraction of sp³-hybridized carbons (Fsp3) is 0. The molecule has 0 aliphatic carbocycles. The van der Waals surface area contributed by atoms with Gasteiger partial charge in [-0.15, -0.1) is 5.73 Å². The SMILES string of the molecule is C=C=CC(=O)C#N. The van der Waals surface area contributed by atoms with Crippen LogP contribution in [0.2, 0.25) is 0 Å². The lowest BCUT2D eigenvalue weighted by atomic mass is 10.4. The zero-order chi connectivity index (χ0) is 5.70. The Hall–Kier alpha value is -1.32. The highest BCUT2D eigenvalue weighted by Gasteiger charge is 1.83. The molecule has 0 aromatic carbocycles. The molecule has 2 nitrogen and oxygen atoms in total. The van der Waals surface area contributed by atoms with E-state index in [1.54, 1.807) is 0 Å². The van der Waals surface area contributed by atoms with E-state index in [2.05, 4.69) is 12.3 Å². The summed E-state index contributed by atoms with van der Waals surface area (Å²) in [5.74, 6) is -0.616. The van der Waals surface area contributed by atoms with Gasteiger partial charge in [-0.3, -0.25) is 4.79 Å². The third kappa shape index (κ3) is 2.48. The van der Waals surface area contributed by atoms with Gasteiger partial charge in [-0.2, -0.15) is 5.26 Å². The van der Waals surface area contributed by atoms with Crippen LogP contribution in [0.25, 0.3) is 0 Å². The van der Waals surface area contributed by atoms with Crippen molar-refractivity contribution in [1.82, 2.24) is 0 Å². The predicted octanol–water partition coefficient (Wildman–Crippen LogP) is 0.420. The molecular formula is C5H3NO. The average molecular weight is 93.1 g/mol. The van der Waals surface area contributed by atoms with E-state index in [1.807, 2.05) is 0 Å². The molecule has 0 spiro atoms. The summed E-state index contributed by atoms with van der Waals surface area (Å²) in [5.41, 5.74) is 2.17. The van der Waals surface area contributed by atoms with Crippen molar-refractivity contribution in [3.05, 3.63) is 18.4 Å². The van der Waals surface area contributed by atoms with E-state index in [1.165, 1.54) is 6.07 Å². The highest BCUT2D eigenvalue weighted by molar-refractivity contribution is 6.02. The number of allylic oxidation sites excluding steroid dienone is 1. The highest BCUT2D eigenvalue weighted by atomic mass is 16.1. The van der Waals surface area contributed by atoms with Gasteiger partial charge in [0.05, 0.1) is 0 Å². The summed E-state index contributed by atoms with van der Waals surface area (Å²) in [7, 11) is 0. The molecule has 0 radical (unpaired) electrons. The topological polar surface area (TPSA) is 40.9 Å². The molecule has 0 heterocycles. The monoisotopic (exact) mass is 93.0 g/mol. The molecule has 34 valence electrons. The zero-order valence-electron chi connectivity index (χ0n) is 3.64. The fourth-order valence-electron chi connectivity index (χ4n) is 0.125. The van der Waals surface area contributed by atoms with Gasteiger partial charge in [-0.1, -0.05) is 6.58 Å². The van der Waals surface area contributed by atoms with Gasteiger partial charge in [0.1, 0.15) is 6.07 Å². The van der Waals surface area contributed by atoms with Crippen molar-refractivity contribution in [2.45, 2.75) is 0 Å². The van der Waals surface area contributed by atoms with E-state index >= 15 is 0 Å². The number of carbonyl (C=O) groups excluding carboxylic acids is 1. The summed E-state index contributed by atoms with van der Waals surface area (Å²) in [6.07, 6.45) is 0.986. The van der Waals surface area contributed by atoms with Crippen molar-refractivity contribution >= 4 is 5.78 Å². The first-order valence-electron chi connectivity index (χ1n) is 1.61. The van der Waals surface area contributed by atoms with Crippen molar-refractivity contribution in [2.24, 2.45) is 0 Å². The molecule has 0 amide bonds. The van der Waals surface area contributed by atoms with E-state index in [0.29, 0.717) is 0 Å². The van der Waals surface area contributed by atoms with Gasteiger partial charge in [0.15, 0.2) is 0 Å². The van der Waals surface area contributed by atoms with Crippen LogP contribution < -0.4 is 0 Å². The number of hydrogen-bond acceptors (Lipinski definition) is 2. The van der Waals surface area contributed by atoms with Crippen LogP contribution in [0.3, 0.4) is 0 Å². The summed E-state index contributed by atoms with van der Waals surface area (Å²) in [4.78, 5) is 9.89. The first kappa shape index (κ1) is 5.68. The minimum absolute atomic E-state index is 0.616. The first-order chi connectivity index (χ1) is 3.31. The Kier molecular flexibility index (Phi) is 2.35. The summed E-state index contributed by atoms with van der Waals surface area (Å²) in [6.45, 7) is 3.10. The molecule has 0 N–H and O–H groups in total. The molecule has 2 heteroatoms. The Bertz CT molecular complexity index is 157. The molecule has 7 heavy (non-hydrogen) atoms. The van der Waals surface area contributed by atoms with Crippen LogP contribution in [0.15, 0.2) is 18.4 Å². The molecule has 0 aliphatic heterocycles. The van der Waals surface area contributed by atoms with Gasteiger partial charge in [0.2, 0.25) is 0 Å². The van der Waals surface area contributed by atoms with Crippen LogP contribution in [0.5, 0.6) is 0 Å². The third-order valence-electron chi connectivity index (χ3n) is 0.343. The minimum Gasteiger partial charge on any atom is -0.277 e. The van der Waals surface area contributed by atoms with Crippen molar-refractivity contribution in [3.8, 4) is 6.07 Å². The van der Waals surface area contributed by atoms with Gasteiger partial charge in [-0.05, 0) is 0 Å². The molecule has 0 aromatic rings. The third-order valence-corrected chi connectivity index (χ3v) is 0.343. The Balaban J connectivity index is 3.91. The number of rotatable bonds is 1. The van der Waals surface area contributed by atoms with Crippen molar-refractivity contribution < 1.29 is 4.79 Å². The lowest BCUT2D eigenvalue weighted by molar-refractivity contribution is -0.109. The van der Waals surface area contributed by atoms with Gasteiger partial charge >= 0.3 is 0 Å². The smallest absolute Gasteiger partial charge is 0.262 e. The summed E-state index contributed by atoms with van der Waals surface area (Å²) < 4.78 is 0. The maximum Gasteiger partial charge on any atom is 0.262 e. The number of nitriles is 1. The molecule has 0 saturated carbocycles. The zero-order valence-corrected chi connectivity index (χ0v) is 3.64. The van der Waals surface area contributed by atoms with Gasteiger partial charge in [0.25, 0.3) is 5.78 Å². The second-order valence-corrected chi connectivity index (χ2v) is 0.825. The molecule has 0 saturated heterocycles. The van der Waals surface area contributed by atoms with Crippen LogP contribution in [0.4, 0.5) is 0 Å². The van der Waals surface area contributed by atoms with Gasteiger partial charge in [0, 0.05) is 6.08 Å². The number of carbonyl (C=O) groups is 1. The second kappa shape index (κ2) is 2.89. The molecule has 0 atom stereocenters. The van der Waals surface area contributed by atoms with Crippen LogP contribution >= 0.6 is 0 Å². The number of nitrogens with zero attached hydrogens (tertiary/aromatic N) is 1. The van der Waals surface area contributed by atoms with Crippen molar-refractivity contribution in [3.63, 3.8) is 0 Å². The summed E-state index contributed by atoms with van der Waals surface area (Å²) >= 11 is 0. The summed E-state index contributed by atoms with van der Waals surface area (Å²) in [5, 5.41) is 7.77. The Morgan fingerprint density at radius 1 is 1.86 bits per heavy atom. The lowest BCUT2D eigenvalue weighted by Gasteiger charge is -1.60. The molecule has 0 unspecified atom stereocenters. The standard InChI is InChI=1S/C5H3NO/c1-2-3-5(7)4-6/h3H,1H2. The molecule has 0 aromatic heterocycles. The second-order valence-electron chi connectivity index (χ2n) is 0.825. The molecule has 0 fully saturated rings. The maximum absolute atomic E-state index is 9.89. The number of ketones is 1. The van der Waals surface area contributed by atoms with Crippen molar-refractivity contribution in [2.75, 3.05) is 0 Å². The van der Waals surface area contributed by atoms with E-state index in [0.717, 1.165) is 6.08 Å². The van der Waals surface area contributed by atoms with Crippen LogP contribution in [-0.4, -0.2) is 5.78 Å². The van der Waals surface area contributed by atoms with Crippen LogP contribution in [0.1, 0.15) is 0 Å². The largest absolute Gasteiger partial charge is 0.277 e. The van der Waals surface area contributed by atoms with E-state index in [9.17, 15) is 4.79 Å². The minimum atomic E-state index is -0.616. The quantitative estimate of drug-likeness (QED) is 0.268. The maximum atomic E-state index is 9.89.